The van der Waals surface area contributed by atoms with Gasteiger partial charge in [0.15, 0.2) is 0 Å². The Morgan fingerprint density at radius 1 is 1.15 bits per heavy atom. The van der Waals surface area contributed by atoms with Crippen molar-refractivity contribution in [3.05, 3.63) is 77.8 Å². The summed E-state index contributed by atoms with van der Waals surface area (Å²) in [6.07, 6.45) is 2.63. The van der Waals surface area contributed by atoms with Crippen molar-refractivity contribution in [3.8, 4) is 11.3 Å². The molecule has 3 aromatic rings. The summed E-state index contributed by atoms with van der Waals surface area (Å²) in [5.74, 6) is -0.876. The van der Waals surface area contributed by atoms with E-state index in [1.54, 1.807) is 6.20 Å². The molecule has 0 bridgehead atoms. The van der Waals surface area contributed by atoms with Crippen LogP contribution < -0.4 is 10.6 Å². The number of nitrogens with zero attached hydrogens (tertiary/aromatic N) is 3. The molecule has 0 saturated carbocycles. The number of benzene rings is 2. The molecule has 2 fully saturated rings. The normalized spacial score (nSPS) is 20.5. The molecule has 5 unspecified atom stereocenters. The lowest BCUT2D eigenvalue weighted by Crippen LogP contribution is -2.51. The Hall–Kier alpha value is -3.42. The largest absolute Gasteiger partial charge is 0.444 e. The fourth-order valence-corrected chi connectivity index (χ4v) is 6.77. The number of hydrogen-bond donors (Lipinski definition) is 4. The Morgan fingerprint density at radius 2 is 1.92 bits per heavy atom. The van der Waals surface area contributed by atoms with E-state index in [1.807, 2.05) is 39.8 Å². The Balaban J connectivity index is 1.53. The minimum absolute atomic E-state index is 0.0369. The zero-order valence-electron chi connectivity index (χ0n) is 27.9. The predicted octanol–water partition coefficient (Wildman–Crippen LogP) is 4.85. The van der Waals surface area contributed by atoms with Crippen molar-refractivity contribution in [2.24, 2.45) is 11.8 Å². The number of aliphatic hydroxyl groups excluding tert-OH is 2. The molecule has 4 N–H and O–H groups in total. The molecule has 48 heavy (non-hydrogen) atoms. The third-order valence-electron chi connectivity index (χ3n) is 9.34. The van der Waals surface area contributed by atoms with Crippen LogP contribution in [0, 0.1) is 23.5 Å². The highest BCUT2D eigenvalue weighted by molar-refractivity contribution is 5.67. The first-order chi connectivity index (χ1) is 23.2. The zero-order chi connectivity index (χ0) is 34.0. The molecule has 2 aromatic carbocycles. The van der Waals surface area contributed by atoms with Gasteiger partial charge >= 0.3 is 6.09 Å². The van der Waals surface area contributed by atoms with Gasteiger partial charge in [0.1, 0.15) is 29.8 Å². The number of halogens is 2. The van der Waals surface area contributed by atoms with Crippen LogP contribution in [0.4, 0.5) is 13.6 Å². The van der Waals surface area contributed by atoms with Crippen molar-refractivity contribution < 1.29 is 33.3 Å². The monoisotopic (exact) mass is 669 g/mol. The first-order valence-corrected chi connectivity index (χ1v) is 17.2. The van der Waals surface area contributed by atoms with E-state index in [0.29, 0.717) is 58.1 Å². The van der Waals surface area contributed by atoms with Gasteiger partial charge in [-0.2, -0.15) is 0 Å². The maximum Gasteiger partial charge on any atom is 0.407 e. The molecule has 1 amide bonds. The highest BCUT2D eigenvalue weighted by Gasteiger charge is 2.42. The van der Waals surface area contributed by atoms with Gasteiger partial charge in [-0.3, -0.25) is 4.90 Å². The molecule has 3 heterocycles. The van der Waals surface area contributed by atoms with Crippen LogP contribution in [0.1, 0.15) is 63.4 Å². The highest BCUT2D eigenvalue weighted by atomic mass is 19.1. The maximum atomic E-state index is 15.1. The minimum Gasteiger partial charge on any atom is -0.444 e. The van der Waals surface area contributed by atoms with Gasteiger partial charge < -0.3 is 34.9 Å². The van der Waals surface area contributed by atoms with E-state index >= 15 is 4.39 Å². The van der Waals surface area contributed by atoms with Crippen LogP contribution in [0.25, 0.3) is 11.3 Å². The highest BCUT2D eigenvalue weighted by Crippen LogP contribution is 2.39. The summed E-state index contributed by atoms with van der Waals surface area (Å²) >= 11 is 0. The van der Waals surface area contributed by atoms with Crippen molar-refractivity contribution in [2.75, 3.05) is 39.4 Å². The lowest BCUT2D eigenvalue weighted by atomic mass is 9.88. The lowest BCUT2D eigenvalue weighted by Gasteiger charge is -2.43. The molecule has 0 spiro atoms. The number of ether oxygens (including phenoxy) is 2. The molecule has 2 aliphatic heterocycles. The predicted molar refractivity (Wildman–Crippen MR) is 178 cm³/mol. The van der Waals surface area contributed by atoms with E-state index in [1.165, 1.54) is 6.92 Å². The van der Waals surface area contributed by atoms with E-state index in [0.717, 1.165) is 43.0 Å². The van der Waals surface area contributed by atoms with Crippen LogP contribution in [-0.2, 0) is 16.0 Å². The molecule has 2 aliphatic rings. The third kappa shape index (κ3) is 9.17. The average molecular weight is 670 g/mol. The number of unbranched alkanes of at least 4 members (excludes halogenated alkanes) is 2. The third-order valence-corrected chi connectivity index (χ3v) is 9.34. The first-order valence-electron chi connectivity index (χ1n) is 17.2. The maximum absolute atomic E-state index is 15.1. The van der Waals surface area contributed by atoms with Gasteiger partial charge in [-0.25, -0.2) is 18.6 Å². The van der Waals surface area contributed by atoms with Gasteiger partial charge in [0.2, 0.25) is 0 Å². The second-order valence-electron chi connectivity index (χ2n) is 13.0. The molecule has 5 atom stereocenters. The number of aromatic nitrogens is 2. The zero-order valence-corrected chi connectivity index (χ0v) is 27.9. The van der Waals surface area contributed by atoms with Gasteiger partial charge in [-0.05, 0) is 55.9 Å². The molecule has 0 aliphatic carbocycles. The SMILES string of the molecule is CCCCCNC(=O)OC1CNCC1CN(C(O)C(C)O)C(c1nc(-c2cc(F)ccc2F)cn1Cc1ccccc1)C1CCOCC1. The molecular weight excluding hydrogens is 620 g/mol. The molecule has 0 radical (unpaired) electrons. The van der Waals surface area contributed by atoms with Crippen LogP contribution in [0.3, 0.4) is 0 Å². The summed E-state index contributed by atoms with van der Waals surface area (Å²) in [5, 5.41) is 28.7. The number of carbonyl (C=O) groups is 1. The fraction of sp³-hybridized carbons (Fsp3) is 0.556. The van der Waals surface area contributed by atoms with Crippen LogP contribution in [-0.4, -0.2) is 88.6 Å². The first kappa shape index (κ1) is 35.9. The van der Waals surface area contributed by atoms with E-state index < -0.39 is 42.2 Å². The number of aliphatic hydroxyl groups is 2. The smallest absolute Gasteiger partial charge is 0.407 e. The average Bonchev–Trinajstić information content (AvgIpc) is 3.70. The molecule has 5 rings (SSSR count). The van der Waals surface area contributed by atoms with Crippen molar-refractivity contribution >= 4 is 6.09 Å². The number of amides is 1. The van der Waals surface area contributed by atoms with E-state index in [9.17, 15) is 19.4 Å². The van der Waals surface area contributed by atoms with Crippen LogP contribution in [0.2, 0.25) is 0 Å². The number of imidazole rings is 1. The Bertz CT molecular complexity index is 1450. The molecule has 12 heteroatoms. The summed E-state index contributed by atoms with van der Waals surface area (Å²) < 4.78 is 43.0. The summed E-state index contributed by atoms with van der Waals surface area (Å²) in [6, 6.07) is 12.5. The Labute approximate surface area is 281 Å². The van der Waals surface area contributed by atoms with Gasteiger partial charge in [-0.1, -0.05) is 50.1 Å². The van der Waals surface area contributed by atoms with Crippen molar-refractivity contribution in [1.29, 1.82) is 0 Å². The molecule has 1 aromatic heterocycles. The second kappa shape index (κ2) is 17.3. The Morgan fingerprint density at radius 3 is 2.65 bits per heavy atom. The lowest BCUT2D eigenvalue weighted by molar-refractivity contribution is -0.123. The molecule has 10 nitrogen and oxygen atoms in total. The summed E-state index contributed by atoms with van der Waals surface area (Å²) in [7, 11) is 0. The van der Waals surface area contributed by atoms with Crippen molar-refractivity contribution in [2.45, 2.75) is 77.0 Å². The summed E-state index contributed by atoms with van der Waals surface area (Å²) in [5.41, 5.74) is 1.29. The summed E-state index contributed by atoms with van der Waals surface area (Å²) in [6.45, 7) is 6.86. The number of nitrogens with one attached hydrogen (secondary N) is 2. The second-order valence-corrected chi connectivity index (χ2v) is 13.0. The van der Waals surface area contributed by atoms with Gasteiger partial charge in [0.05, 0.1) is 17.8 Å². The fourth-order valence-electron chi connectivity index (χ4n) is 6.77. The van der Waals surface area contributed by atoms with E-state index in [-0.39, 0.29) is 29.6 Å². The number of hydrogen-bond acceptors (Lipinski definition) is 8. The molecule has 262 valence electrons. The quantitative estimate of drug-likeness (QED) is 0.134. The standard InChI is InChI=1S/C36H49F2N5O5/c1-3-4-8-15-40-36(46)48-32-20-39-19-27(32)22-43(35(45)24(2)44)33(26-13-16-47-17-14-26)34-41-31(29-18-28(37)11-12-30(29)38)23-42(34)21-25-9-6-5-7-10-25/h5-7,9-12,18,23-24,26-27,32-33,35,39,44-45H,3-4,8,13-17,19-22H2,1-2H3,(H,40,46). The molecular formula is C36H49F2N5O5. The minimum atomic E-state index is -1.29. The number of rotatable bonds is 15. The van der Waals surface area contributed by atoms with Gasteiger partial charge in [0, 0.05) is 63.6 Å². The van der Waals surface area contributed by atoms with Crippen molar-refractivity contribution in [3.63, 3.8) is 0 Å². The van der Waals surface area contributed by atoms with Crippen LogP contribution >= 0.6 is 0 Å². The Kier molecular flexibility index (Phi) is 12.9. The topological polar surface area (TPSA) is 121 Å². The van der Waals surface area contributed by atoms with Crippen molar-refractivity contribution in [1.82, 2.24) is 25.1 Å². The van der Waals surface area contributed by atoms with Crippen LogP contribution in [0.5, 0.6) is 0 Å². The summed E-state index contributed by atoms with van der Waals surface area (Å²) in [4.78, 5) is 19.5. The number of alkyl carbamates (subject to hydrolysis) is 1. The number of carbonyl (C=O) groups excluding carboxylic acids is 1. The van der Waals surface area contributed by atoms with E-state index in [4.69, 9.17) is 14.5 Å². The van der Waals surface area contributed by atoms with E-state index in [2.05, 4.69) is 17.6 Å². The van der Waals surface area contributed by atoms with Gasteiger partial charge in [0.25, 0.3) is 0 Å². The molecule has 2 saturated heterocycles. The van der Waals surface area contributed by atoms with Gasteiger partial charge in [-0.15, -0.1) is 0 Å². The van der Waals surface area contributed by atoms with Crippen LogP contribution in [0.15, 0.2) is 54.7 Å².